The number of carbonyl (C=O) groups is 2. The van der Waals surface area contributed by atoms with E-state index in [-0.39, 0.29) is 24.9 Å². The first-order valence-electron chi connectivity index (χ1n) is 12.8. The number of carbonyl (C=O) groups excluding carboxylic acids is 2. The van der Waals surface area contributed by atoms with E-state index in [0.717, 1.165) is 36.7 Å². The summed E-state index contributed by atoms with van der Waals surface area (Å²) in [5, 5.41) is 13.0. The third-order valence-corrected chi connectivity index (χ3v) is 6.78. The molecular weight excluding hydrogens is 492 g/mol. The Balaban J connectivity index is 1.32. The summed E-state index contributed by atoms with van der Waals surface area (Å²) >= 11 is 0. The van der Waals surface area contributed by atoms with Crippen LogP contribution in [0.5, 0.6) is 23.0 Å². The third kappa shape index (κ3) is 5.33. The maximum atomic E-state index is 13.2. The summed E-state index contributed by atoms with van der Waals surface area (Å²) in [5.41, 5.74) is 1.72. The number of aliphatic imine (C=N–C) groups is 1. The normalized spacial score (nSPS) is 21.1. The number of esters is 1. The van der Waals surface area contributed by atoms with Crippen molar-refractivity contribution in [2.24, 2.45) is 10.9 Å². The number of phenols is 1. The smallest absolute Gasteiger partial charge is 0.321 e. The van der Waals surface area contributed by atoms with E-state index >= 15 is 0 Å². The van der Waals surface area contributed by atoms with E-state index in [1.807, 2.05) is 30.0 Å². The molecule has 202 valence electrons. The quantitative estimate of drug-likeness (QED) is 0.414. The van der Waals surface area contributed by atoms with Crippen LogP contribution < -0.4 is 19.5 Å². The molecule has 11 nitrogen and oxygen atoms in total. The largest absolute Gasteiger partial charge is 0.504 e. The van der Waals surface area contributed by atoms with Crippen molar-refractivity contribution in [2.75, 3.05) is 46.2 Å². The number of hydrogen-bond donors (Lipinski definition) is 2. The Bertz CT molecular complexity index is 1230. The minimum absolute atomic E-state index is 0.0219. The summed E-state index contributed by atoms with van der Waals surface area (Å²) in [5.74, 6) is -0.0468. The number of fused-ring (bicyclic) bond motifs is 1. The molecule has 0 aromatic heterocycles. The number of amides is 1. The van der Waals surface area contributed by atoms with Crippen molar-refractivity contribution < 1.29 is 33.6 Å². The number of phenolic OH excluding ortho intramolecular Hbond substituents is 1. The summed E-state index contributed by atoms with van der Waals surface area (Å²) in [4.78, 5) is 35.1. The van der Waals surface area contributed by atoms with Crippen LogP contribution in [-0.4, -0.2) is 78.9 Å². The molecule has 0 aliphatic carbocycles. The molecule has 0 radical (unpaired) electrons. The van der Waals surface area contributed by atoms with Crippen molar-refractivity contribution in [3.05, 3.63) is 47.5 Å². The summed E-state index contributed by atoms with van der Waals surface area (Å²) < 4.78 is 21.6. The van der Waals surface area contributed by atoms with Crippen LogP contribution in [0.15, 0.2) is 41.4 Å². The van der Waals surface area contributed by atoms with Crippen LogP contribution in [-0.2, 0) is 20.9 Å². The molecule has 2 aromatic rings. The summed E-state index contributed by atoms with van der Waals surface area (Å²) in [7, 11) is 0. The van der Waals surface area contributed by atoms with Crippen molar-refractivity contribution in [3.8, 4) is 23.0 Å². The molecule has 1 amide bonds. The van der Waals surface area contributed by atoms with Gasteiger partial charge in [-0.05, 0) is 49.2 Å². The zero-order chi connectivity index (χ0) is 26.6. The maximum absolute atomic E-state index is 13.2. The highest BCUT2D eigenvalue weighted by Crippen LogP contribution is 2.36. The number of benzene rings is 2. The van der Waals surface area contributed by atoms with Gasteiger partial charge in [-0.25, -0.2) is 4.99 Å². The number of guanidine groups is 1. The highest BCUT2D eigenvalue weighted by molar-refractivity contribution is 6.08. The van der Waals surface area contributed by atoms with E-state index in [1.165, 1.54) is 6.07 Å². The summed E-state index contributed by atoms with van der Waals surface area (Å²) in [6, 6.07) is 9.92. The predicted molar refractivity (Wildman–Crippen MR) is 137 cm³/mol. The SMILES string of the molecule is CCOC(=O)C1C(=O)NC(N2CCN(Cc3ccc4c(c3)OCO4)CC2)=NC1c1ccc(O)c(OCC)c1. The number of piperazine rings is 1. The monoisotopic (exact) mass is 524 g/mol. The Kier molecular flexibility index (Phi) is 7.54. The lowest BCUT2D eigenvalue weighted by Crippen LogP contribution is -2.57. The van der Waals surface area contributed by atoms with E-state index < -0.39 is 23.8 Å². The van der Waals surface area contributed by atoms with Gasteiger partial charge >= 0.3 is 5.97 Å². The van der Waals surface area contributed by atoms with Gasteiger partial charge in [0.1, 0.15) is 6.04 Å². The molecule has 0 saturated carbocycles. The second-order valence-corrected chi connectivity index (χ2v) is 9.23. The molecule has 1 fully saturated rings. The lowest BCUT2D eigenvalue weighted by atomic mass is 9.91. The van der Waals surface area contributed by atoms with Crippen LogP contribution in [0.4, 0.5) is 0 Å². The molecule has 3 aliphatic rings. The molecule has 3 heterocycles. The topological polar surface area (TPSA) is 122 Å². The van der Waals surface area contributed by atoms with Crippen LogP contribution >= 0.6 is 0 Å². The number of nitrogens with zero attached hydrogens (tertiary/aromatic N) is 3. The fourth-order valence-corrected chi connectivity index (χ4v) is 4.87. The van der Waals surface area contributed by atoms with Gasteiger partial charge in [0.15, 0.2) is 28.9 Å². The molecule has 2 atom stereocenters. The van der Waals surface area contributed by atoms with E-state index in [4.69, 9.17) is 23.9 Å². The predicted octanol–water partition coefficient (Wildman–Crippen LogP) is 2.04. The fourth-order valence-electron chi connectivity index (χ4n) is 4.87. The van der Waals surface area contributed by atoms with Gasteiger partial charge in [-0.3, -0.25) is 19.8 Å². The lowest BCUT2D eigenvalue weighted by Gasteiger charge is -2.39. The second kappa shape index (κ2) is 11.2. The first-order chi connectivity index (χ1) is 18.5. The number of rotatable bonds is 7. The molecule has 2 unspecified atom stereocenters. The van der Waals surface area contributed by atoms with E-state index in [9.17, 15) is 14.7 Å². The molecule has 0 spiro atoms. The van der Waals surface area contributed by atoms with E-state index in [2.05, 4.69) is 10.2 Å². The number of ether oxygens (including phenoxy) is 4. The van der Waals surface area contributed by atoms with Gasteiger partial charge in [-0.2, -0.15) is 0 Å². The zero-order valence-electron chi connectivity index (χ0n) is 21.5. The van der Waals surface area contributed by atoms with Crippen molar-refractivity contribution in [1.29, 1.82) is 0 Å². The molecule has 38 heavy (non-hydrogen) atoms. The summed E-state index contributed by atoms with van der Waals surface area (Å²) in [6.07, 6.45) is 0. The van der Waals surface area contributed by atoms with Crippen LogP contribution in [0.1, 0.15) is 31.0 Å². The molecule has 0 bridgehead atoms. The van der Waals surface area contributed by atoms with Gasteiger partial charge < -0.3 is 29.0 Å². The first kappa shape index (κ1) is 25.7. The van der Waals surface area contributed by atoms with Crippen LogP contribution in [0.25, 0.3) is 0 Å². The van der Waals surface area contributed by atoms with Crippen LogP contribution in [0.3, 0.4) is 0 Å². The minimum atomic E-state index is -1.15. The average Bonchev–Trinajstić information content (AvgIpc) is 3.38. The number of aromatic hydroxyl groups is 1. The van der Waals surface area contributed by atoms with E-state index in [0.29, 0.717) is 31.2 Å². The van der Waals surface area contributed by atoms with Gasteiger partial charge in [0.2, 0.25) is 18.7 Å². The highest BCUT2D eigenvalue weighted by Gasteiger charge is 2.42. The van der Waals surface area contributed by atoms with Crippen LogP contribution in [0, 0.1) is 5.92 Å². The minimum Gasteiger partial charge on any atom is -0.504 e. The van der Waals surface area contributed by atoms with Gasteiger partial charge in [-0.1, -0.05) is 12.1 Å². The third-order valence-electron chi connectivity index (χ3n) is 6.78. The van der Waals surface area contributed by atoms with Gasteiger partial charge in [-0.15, -0.1) is 0 Å². The van der Waals surface area contributed by atoms with Crippen molar-refractivity contribution in [2.45, 2.75) is 26.4 Å². The van der Waals surface area contributed by atoms with E-state index in [1.54, 1.807) is 19.1 Å². The molecule has 2 N–H and O–H groups in total. The number of nitrogens with one attached hydrogen (secondary N) is 1. The van der Waals surface area contributed by atoms with Crippen LogP contribution in [0.2, 0.25) is 0 Å². The lowest BCUT2D eigenvalue weighted by molar-refractivity contribution is -0.153. The molecule has 1 saturated heterocycles. The first-order valence-corrected chi connectivity index (χ1v) is 12.8. The average molecular weight is 525 g/mol. The molecule has 2 aromatic carbocycles. The fraction of sp³-hybridized carbons (Fsp3) is 0.444. The van der Waals surface area contributed by atoms with Gasteiger partial charge in [0.05, 0.1) is 13.2 Å². The molecular formula is C27H32N4O7. The Morgan fingerprint density at radius 1 is 1.08 bits per heavy atom. The Hall–Kier alpha value is -3.99. The Morgan fingerprint density at radius 3 is 2.63 bits per heavy atom. The van der Waals surface area contributed by atoms with Crippen molar-refractivity contribution in [3.63, 3.8) is 0 Å². The van der Waals surface area contributed by atoms with Gasteiger partial charge in [0, 0.05) is 32.7 Å². The van der Waals surface area contributed by atoms with Gasteiger partial charge in [0.25, 0.3) is 0 Å². The Labute approximate surface area is 220 Å². The molecule has 3 aliphatic heterocycles. The number of hydrogen-bond acceptors (Lipinski definition) is 10. The van der Waals surface area contributed by atoms with Crippen molar-refractivity contribution >= 4 is 17.8 Å². The molecule has 5 rings (SSSR count). The molecule has 11 heteroatoms. The maximum Gasteiger partial charge on any atom is 0.321 e. The highest BCUT2D eigenvalue weighted by atomic mass is 16.7. The zero-order valence-corrected chi connectivity index (χ0v) is 21.5. The second-order valence-electron chi connectivity index (χ2n) is 9.23. The standard InChI is InChI=1S/C27H32N4O7/c1-3-35-21-14-18(6-7-19(21)32)24-23(26(34)36-4-2)25(33)29-27(28-24)31-11-9-30(10-12-31)15-17-5-8-20-22(13-17)38-16-37-20/h5-8,13-14,23-24,32H,3-4,9-12,15-16H2,1-2H3,(H,28,29,33). The van der Waals surface area contributed by atoms with Crippen molar-refractivity contribution in [1.82, 2.24) is 15.1 Å². The summed E-state index contributed by atoms with van der Waals surface area (Å²) in [6.45, 7) is 7.87. The Morgan fingerprint density at radius 2 is 1.87 bits per heavy atom.